The number of rotatable bonds is 4. The summed E-state index contributed by atoms with van der Waals surface area (Å²) in [5.41, 5.74) is 0. The zero-order valence-corrected chi connectivity index (χ0v) is 12.0. The van der Waals surface area contributed by atoms with Gasteiger partial charge < -0.3 is 19.8 Å². The van der Waals surface area contributed by atoms with Crippen molar-refractivity contribution >= 4 is 23.5 Å². The van der Waals surface area contributed by atoms with Crippen LogP contribution in [0.2, 0.25) is 0 Å². The molecule has 0 rings (SSSR count). The smallest absolute Gasteiger partial charge is 0.550 e. The van der Waals surface area contributed by atoms with E-state index in [-0.39, 0.29) is 55.0 Å². The van der Waals surface area contributed by atoms with E-state index in [0.717, 1.165) is 0 Å². The maximum Gasteiger partial charge on any atom is 4.00 e. The molecule has 0 aromatic carbocycles. The number of Topliss-reactive ketones (excluding diaryl/α,β-unsaturated/α-hetero) is 2. The summed E-state index contributed by atoms with van der Waals surface area (Å²) < 4.78 is 0. The van der Waals surface area contributed by atoms with E-state index in [1.807, 2.05) is 0 Å². The van der Waals surface area contributed by atoms with Gasteiger partial charge in [0.15, 0.2) is 0 Å². The van der Waals surface area contributed by atoms with Gasteiger partial charge in [-0.2, -0.15) is 0 Å². The first-order chi connectivity index (χ1) is 6.25. The molecule has 0 saturated heterocycles. The average molecular weight is 298 g/mol. The summed E-state index contributed by atoms with van der Waals surface area (Å²) in [5.74, 6) is -3.37. The standard InChI is InChI=1S/2C4H6O3.2Ti/c2*1-3(5)2-4(6)7;;/h2*2H2,1H3,(H,6,7);;/q;;2*+4/p-2. The van der Waals surface area contributed by atoms with Crippen LogP contribution in [-0.4, -0.2) is 23.5 Å². The molecular formula is C8H10O6Ti2+6. The maximum absolute atomic E-state index is 9.83. The van der Waals surface area contributed by atoms with Crippen molar-refractivity contribution < 1.29 is 72.8 Å². The molecule has 0 N–H and O–H groups in total. The largest absolute Gasteiger partial charge is 4.00 e. The molecule has 0 aliphatic heterocycles. The van der Waals surface area contributed by atoms with Crippen molar-refractivity contribution in [2.24, 2.45) is 0 Å². The second-order valence-electron chi connectivity index (χ2n) is 2.50. The summed E-state index contributed by atoms with van der Waals surface area (Å²) in [7, 11) is 0. The molecule has 16 heavy (non-hydrogen) atoms. The Bertz CT molecular complexity index is 201. The fraction of sp³-hybridized carbons (Fsp3) is 0.500. The van der Waals surface area contributed by atoms with Crippen molar-refractivity contribution in [3.8, 4) is 0 Å². The van der Waals surface area contributed by atoms with Gasteiger partial charge in [0.1, 0.15) is 11.6 Å². The molecule has 0 amide bonds. The first-order valence-electron chi connectivity index (χ1n) is 3.64. The molecule has 0 atom stereocenters. The normalized spacial score (nSPS) is 7.12. The molecule has 0 aromatic heterocycles. The van der Waals surface area contributed by atoms with E-state index in [1.165, 1.54) is 13.8 Å². The third-order valence-corrected chi connectivity index (χ3v) is 0.787. The van der Waals surface area contributed by atoms with Crippen molar-refractivity contribution in [1.29, 1.82) is 0 Å². The molecule has 0 aliphatic rings. The molecule has 0 aliphatic carbocycles. The summed E-state index contributed by atoms with van der Waals surface area (Å²) in [6.45, 7) is 2.41. The quantitative estimate of drug-likeness (QED) is 0.416. The molecule has 0 saturated carbocycles. The van der Waals surface area contributed by atoms with Crippen molar-refractivity contribution in [2.75, 3.05) is 0 Å². The van der Waals surface area contributed by atoms with Crippen LogP contribution in [0.3, 0.4) is 0 Å². The van der Waals surface area contributed by atoms with Crippen molar-refractivity contribution in [3.63, 3.8) is 0 Å². The third kappa shape index (κ3) is 37.3. The van der Waals surface area contributed by atoms with Crippen LogP contribution in [0, 0.1) is 0 Å². The fourth-order valence-electron chi connectivity index (χ4n) is 0.407. The summed E-state index contributed by atoms with van der Waals surface area (Å²) in [6.07, 6.45) is -0.944. The first-order valence-corrected chi connectivity index (χ1v) is 3.64. The molecule has 0 fully saturated rings. The number of hydrogen-bond donors (Lipinski definition) is 0. The molecule has 0 unspecified atom stereocenters. The van der Waals surface area contributed by atoms with Crippen LogP contribution in [0.4, 0.5) is 0 Å². The Hall–Kier alpha value is -0.291. The molecular weight excluding hydrogens is 288 g/mol. The van der Waals surface area contributed by atoms with Crippen LogP contribution in [-0.2, 0) is 62.6 Å². The van der Waals surface area contributed by atoms with Gasteiger partial charge in [0.25, 0.3) is 0 Å². The maximum atomic E-state index is 9.83. The molecule has 0 heterocycles. The molecule has 0 spiro atoms. The van der Waals surface area contributed by atoms with Gasteiger partial charge in [-0.3, -0.25) is 9.59 Å². The van der Waals surface area contributed by atoms with Gasteiger partial charge in [0, 0.05) is 24.8 Å². The first kappa shape index (κ1) is 24.8. The summed E-state index contributed by atoms with van der Waals surface area (Å²) in [4.78, 5) is 38.6. The predicted molar refractivity (Wildman–Crippen MR) is 40.6 cm³/mol. The number of carbonyl (C=O) groups excluding carboxylic acids is 4. The summed E-state index contributed by atoms with van der Waals surface area (Å²) >= 11 is 0. The van der Waals surface area contributed by atoms with Crippen molar-refractivity contribution in [1.82, 2.24) is 0 Å². The van der Waals surface area contributed by atoms with E-state index in [1.54, 1.807) is 0 Å². The fourth-order valence-corrected chi connectivity index (χ4v) is 0.407. The number of carboxylic acid groups (broad SMARTS) is 2. The van der Waals surface area contributed by atoms with E-state index in [9.17, 15) is 29.4 Å². The monoisotopic (exact) mass is 298 g/mol. The number of hydrogen-bond acceptors (Lipinski definition) is 6. The van der Waals surface area contributed by atoms with Crippen LogP contribution in [0.15, 0.2) is 0 Å². The zero-order chi connectivity index (χ0) is 11.7. The van der Waals surface area contributed by atoms with E-state index >= 15 is 0 Å². The van der Waals surface area contributed by atoms with Crippen molar-refractivity contribution in [2.45, 2.75) is 26.7 Å². The Morgan fingerprint density at radius 1 is 0.750 bits per heavy atom. The van der Waals surface area contributed by atoms with Gasteiger partial charge in [-0.05, 0) is 13.8 Å². The van der Waals surface area contributed by atoms with Crippen LogP contribution < -0.4 is 10.2 Å². The van der Waals surface area contributed by atoms with Gasteiger partial charge in [0.2, 0.25) is 0 Å². The average Bonchev–Trinajstić information content (AvgIpc) is 1.79. The Morgan fingerprint density at radius 2 is 0.938 bits per heavy atom. The molecule has 8 heteroatoms. The van der Waals surface area contributed by atoms with Crippen LogP contribution in [0.25, 0.3) is 0 Å². The molecule has 6 nitrogen and oxygen atoms in total. The van der Waals surface area contributed by atoms with Crippen LogP contribution >= 0.6 is 0 Å². The summed E-state index contributed by atoms with van der Waals surface area (Å²) in [6, 6.07) is 0. The van der Waals surface area contributed by atoms with Gasteiger partial charge in [-0.15, -0.1) is 0 Å². The molecule has 0 aromatic rings. The Morgan fingerprint density at radius 3 is 0.938 bits per heavy atom. The van der Waals surface area contributed by atoms with E-state index in [0.29, 0.717) is 0 Å². The van der Waals surface area contributed by atoms with E-state index in [2.05, 4.69) is 0 Å². The van der Waals surface area contributed by atoms with Gasteiger partial charge in [-0.1, -0.05) is 0 Å². The van der Waals surface area contributed by atoms with Gasteiger partial charge in [-0.25, -0.2) is 0 Å². The molecule has 0 radical (unpaired) electrons. The molecule has 0 bridgehead atoms. The minimum Gasteiger partial charge on any atom is -0.550 e. The van der Waals surface area contributed by atoms with Gasteiger partial charge in [0.05, 0.1) is 0 Å². The minimum atomic E-state index is -1.31. The Kier molecular flexibility index (Phi) is 22.8. The SMILES string of the molecule is CC(=O)CC(=O)[O-].CC(=O)CC(=O)[O-].[Ti+4].[Ti+4]. The second kappa shape index (κ2) is 14.7. The predicted octanol–water partition coefficient (Wildman–Crippen LogP) is -2.57. The minimum absolute atomic E-state index is 0. The summed E-state index contributed by atoms with van der Waals surface area (Å²) in [5, 5.41) is 19.0. The van der Waals surface area contributed by atoms with Gasteiger partial charge >= 0.3 is 43.4 Å². The number of aliphatic carboxylic acids is 2. The van der Waals surface area contributed by atoms with Crippen LogP contribution in [0.5, 0.6) is 0 Å². The Balaban J connectivity index is -0.0000000800. The van der Waals surface area contributed by atoms with E-state index in [4.69, 9.17) is 0 Å². The number of carbonyl (C=O) groups is 4. The molecule has 80 valence electrons. The second-order valence-corrected chi connectivity index (χ2v) is 2.50. The van der Waals surface area contributed by atoms with Crippen molar-refractivity contribution in [3.05, 3.63) is 0 Å². The van der Waals surface area contributed by atoms with Crippen LogP contribution in [0.1, 0.15) is 26.7 Å². The zero-order valence-electron chi connectivity index (χ0n) is 8.86. The Labute approximate surface area is 123 Å². The topological polar surface area (TPSA) is 114 Å². The third-order valence-electron chi connectivity index (χ3n) is 0.787. The number of ketones is 2. The van der Waals surface area contributed by atoms with E-state index < -0.39 is 24.8 Å². The number of carboxylic acids is 2.